The largest absolute Gasteiger partial charge is 0.484 e. The van der Waals surface area contributed by atoms with Crippen molar-refractivity contribution >= 4 is 11.6 Å². The summed E-state index contributed by atoms with van der Waals surface area (Å²) in [5.41, 5.74) is 3.36. The van der Waals surface area contributed by atoms with Crippen LogP contribution in [-0.2, 0) is 17.8 Å². The van der Waals surface area contributed by atoms with Crippen molar-refractivity contribution in [1.82, 2.24) is 5.32 Å². The maximum atomic E-state index is 12.0. The number of hydrogen-bond acceptors (Lipinski definition) is 3. The van der Waals surface area contributed by atoms with Gasteiger partial charge >= 0.3 is 0 Å². The first kappa shape index (κ1) is 13.6. The second-order valence-corrected chi connectivity index (χ2v) is 5.02. The molecule has 1 heterocycles. The normalized spacial score (nSPS) is 13.3. The number of hydrogen-bond donors (Lipinski definition) is 2. The van der Waals surface area contributed by atoms with E-state index in [4.69, 9.17) is 4.74 Å². The predicted molar refractivity (Wildman–Crippen MR) is 82.4 cm³/mol. The molecule has 2 aromatic carbocycles. The second-order valence-electron chi connectivity index (χ2n) is 5.02. The third-order valence-corrected chi connectivity index (χ3v) is 3.53. The van der Waals surface area contributed by atoms with Crippen molar-refractivity contribution in [1.29, 1.82) is 0 Å². The van der Waals surface area contributed by atoms with Crippen molar-refractivity contribution in [2.24, 2.45) is 0 Å². The van der Waals surface area contributed by atoms with E-state index in [2.05, 4.69) is 16.7 Å². The van der Waals surface area contributed by atoms with E-state index in [0.717, 1.165) is 25.2 Å². The minimum absolute atomic E-state index is 0.0150. The van der Waals surface area contributed by atoms with Crippen LogP contribution in [0.1, 0.15) is 11.1 Å². The molecule has 2 aromatic rings. The number of carbonyl (C=O) groups excluding carboxylic acids is 1. The molecular formula is C17H18N2O2. The molecule has 1 aliphatic heterocycles. The van der Waals surface area contributed by atoms with Crippen LogP contribution in [0.2, 0.25) is 0 Å². The van der Waals surface area contributed by atoms with Crippen LogP contribution in [0.5, 0.6) is 5.75 Å². The summed E-state index contributed by atoms with van der Waals surface area (Å²) in [6.45, 7) is 1.80. The number of rotatable bonds is 4. The fourth-order valence-electron chi connectivity index (χ4n) is 2.48. The highest BCUT2D eigenvalue weighted by Gasteiger charge is 2.14. The molecule has 0 aliphatic carbocycles. The van der Waals surface area contributed by atoms with Gasteiger partial charge in [-0.15, -0.1) is 0 Å². The van der Waals surface area contributed by atoms with Gasteiger partial charge in [-0.05, 0) is 42.3 Å². The number of benzene rings is 2. The molecule has 1 amide bonds. The molecule has 0 aromatic heterocycles. The molecule has 4 nitrogen and oxygen atoms in total. The van der Waals surface area contributed by atoms with E-state index < -0.39 is 0 Å². The van der Waals surface area contributed by atoms with Gasteiger partial charge < -0.3 is 15.4 Å². The van der Waals surface area contributed by atoms with Crippen LogP contribution in [0.4, 0.5) is 5.69 Å². The highest BCUT2D eigenvalue weighted by Crippen LogP contribution is 2.22. The molecule has 0 saturated heterocycles. The molecule has 0 spiro atoms. The molecule has 0 atom stereocenters. The number of ether oxygens (including phenoxy) is 1. The molecule has 1 aliphatic rings. The standard InChI is InChI=1S/C17H18N2O2/c20-17(12-21-14-6-2-1-3-7-14)19-16-8-4-5-13-9-10-18-11-15(13)16/h1-8,18H,9-12H2,(H,19,20). The lowest BCUT2D eigenvalue weighted by Crippen LogP contribution is -2.26. The maximum absolute atomic E-state index is 12.0. The minimum atomic E-state index is -0.141. The Labute approximate surface area is 124 Å². The number of amides is 1. The Morgan fingerprint density at radius 1 is 1.14 bits per heavy atom. The van der Waals surface area contributed by atoms with Crippen molar-refractivity contribution in [3.63, 3.8) is 0 Å². The molecule has 0 bridgehead atoms. The highest BCUT2D eigenvalue weighted by molar-refractivity contribution is 5.92. The van der Waals surface area contributed by atoms with Crippen molar-refractivity contribution in [2.75, 3.05) is 18.5 Å². The quantitative estimate of drug-likeness (QED) is 0.905. The molecule has 0 unspecified atom stereocenters. The van der Waals surface area contributed by atoms with Gasteiger partial charge in [-0.2, -0.15) is 0 Å². The van der Waals surface area contributed by atoms with Gasteiger partial charge in [-0.25, -0.2) is 0 Å². The summed E-state index contributed by atoms with van der Waals surface area (Å²) >= 11 is 0. The van der Waals surface area contributed by atoms with Gasteiger partial charge in [0.2, 0.25) is 0 Å². The van der Waals surface area contributed by atoms with Gasteiger partial charge in [0.25, 0.3) is 5.91 Å². The second kappa shape index (κ2) is 6.41. The minimum Gasteiger partial charge on any atom is -0.484 e. The van der Waals surface area contributed by atoms with E-state index in [0.29, 0.717) is 5.75 Å². The molecular weight excluding hydrogens is 264 g/mol. The first-order chi connectivity index (χ1) is 10.3. The molecule has 0 radical (unpaired) electrons. The molecule has 2 N–H and O–H groups in total. The van der Waals surface area contributed by atoms with E-state index in [1.54, 1.807) is 0 Å². The first-order valence-corrected chi connectivity index (χ1v) is 7.12. The fraction of sp³-hybridized carbons (Fsp3) is 0.235. The van der Waals surface area contributed by atoms with Gasteiger partial charge in [0, 0.05) is 12.2 Å². The van der Waals surface area contributed by atoms with Crippen molar-refractivity contribution in [3.05, 3.63) is 59.7 Å². The SMILES string of the molecule is O=C(COc1ccccc1)Nc1cccc2c1CNCC2. The third kappa shape index (κ3) is 3.41. The smallest absolute Gasteiger partial charge is 0.262 e. The third-order valence-electron chi connectivity index (χ3n) is 3.53. The van der Waals surface area contributed by atoms with Crippen molar-refractivity contribution in [3.8, 4) is 5.75 Å². The zero-order valence-electron chi connectivity index (χ0n) is 11.8. The topological polar surface area (TPSA) is 50.4 Å². The number of para-hydroxylation sites is 1. The maximum Gasteiger partial charge on any atom is 0.262 e. The molecule has 108 valence electrons. The number of fused-ring (bicyclic) bond motifs is 1. The highest BCUT2D eigenvalue weighted by atomic mass is 16.5. The van der Waals surface area contributed by atoms with Crippen LogP contribution >= 0.6 is 0 Å². The number of nitrogens with one attached hydrogen (secondary N) is 2. The summed E-state index contributed by atoms with van der Waals surface area (Å²) in [7, 11) is 0. The Balaban J connectivity index is 1.63. The fourth-order valence-corrected chi connectivity index (χ4v) is 2.48. The van der Waals surface area contributed by atoms with E-state index in [1.165, 1.54) is 11.1 Å². The van der Waals surface area contributed by atoms with Crippen LogP contribution < -0.4 is 15.4 Å². The Morgan fingerprint density at radius 3 is 2.86 bits per heavy atom. The zero-order valence-corrected chi connectivity index (χ0v) is 11.8. The van der Waals surface area contributed by atoms with Crippen molar-refractivity contribution in [2.45, 2.75) is 13.0 Å². The van der Waals surface area contributed by atoms with Gasteiger partial charge in [0.05, 0.1) is 0 Å². The molecule has 4 heteroatoms. The Bertz CT molecular complexity index is 626. The van der Waals surface area contributed by atoms with Gasteiger partial charge in [-0.3, -0.25) is 4.79 Å². The lowest BCUT2D eigenvalue weighted by atomic mass is 9.99. The molecule has 0 fully saturated rings. The average Bonchev–Trinajstić information content (AvgIpc) is 2.54. The predicted octanol–water partition coefficient (Wildman–Crippen LogP) is 2.35. The summed E-state index contributed by atoms with van der Waals surface area (Å²) in [4.78, 5) is 12.0. The summed E-state index contributed by atoms with van der Waals surface area (Å²) in [5.74, 6) is 0.558. The van der Waals surface area contributed by atoms with Gasteiger partial charge in [-0.1, -0.05) is 30.3 Å². The zero-order chi connectivity index (χ0) is 14.5. The number of anilines is 1. The Morgan fingerprint density at radius 2 is 2.00 bits per heavy atom. The van der Waals surface area contributed by atoms with Crippen LogP contribution in [0, 0.1) is 0 Å². The molecule has 21 heavy (non-hydrogen) atoms. The first-order valence-electron chi connectivity index (χ1n) is 7.12. The van der Waals surface area contributed by atoms with Crippen molar-refractivity contribution < 1.29 is 9.53 Å². The summed E-state index contributed by atoms with van der Waals surface area (Å²) in [5, 5.41) is 6.27. The van der Waals surface area contributed by atoms with E-state index in [9.17, 15) is 4.79 Å². The molecule has 3 rings (SSSR count). The lowest BCUT2D eigenvalue weighted by molar-refractivity contribution is -0.118. The Kier molecular flexibility index (Phi) is 4.17. The van der Waals surface area contributed by atoms with Crippen LogP contribution in [0.15, 0.2) is 48.5 Å². The van der Waals surface area contributed by atoms with E-state index >= 15 is 0 Å². The summed E-state index contributed by atoms with van der Waals surface area (Å²) in [6, 6.07) is 15.4. The monoisotopic (exact) mass is 282 g/mol. The van der Waals surface area contributed by atoms with Gasteiger partial charge in [0.1, 0.15) is 5.75 Å². The lowest BCUT2D eigenvalue weighted by Gasteiger charge is -2.20. The van der Waals surface area contributed by atoms with E-state index in [-0.39, 0.29) is 12.5 Å². The number of carbonyl (C=O) groups is 1. The van der Waals surface area contributed by atoms with E-state index in [1.807, 2.05) is 42.5 Å². The molecule has 0 saturated carbocycles. The Hall–Kier alpha value is -2.33. The van der Waals surface area contributed by atoms with Crippen LogP contribution in [0.3, 0.4) is 0 Å². The summed E-state index contributed by atoms with van der Waals surface area (Å²) in [6.07, 6.45) is 1.000. The average molecular weight is 282 g/mol. The van der Waals surface area contributed by atoms with Gasteiger partial charge in [0.15, 0.2) is 6.61 Å². The van der Waals surface area contributed by atoms with Crippen LogP contribution in [0.25, 0.3) is 0 Å². The van der Waals surface area contributed by atoms with Crippen LogP contribution in [-0.4, -0.2) is 19.1 Å². The summed E-state index contributed by atoms with van der Waals surface area (Å²) < 4.78 is 5.46.